The molecule has 3 nitrogen and oxygen atoms in total. The van der Waals surface area contributed by atoms with Crippen LogP contribution in [-0.2, 0) is 4.79 Å². The molecule has 1 aromatic carbocycles. The van der Waals surface area contributed by atoms with E-state index < -0.39 is 0 Å². The molecule has 0 bridgehead atoms. The molecule has 0 aliphatic heterocycles. The highest BCUT2D eigenvalue weighted by Crippen LogP contribution is 2.27. The van der Waals surface area contributed by atoms with Crippen molar-refractivity contribution in [3.8, 4) is 5.75 Å². The summed E-state index contributed by atoms with van der Waals surface area (Å²) in [7, 11) is 0. The summed E-state index contributed by atoms with van der Waals surface area (Å²) in [6, 6.07) is 9.73. The zero-order chi connectivity index (χ0) is 15.0. The van der Waals surface area contributed by atoms with E-state index in [0.29, 0.717) is 25.5 Å². The fourth-order valence-corrected chi connectivity index (χ4v) is 1.66. The topological polar surface area (TPSA) is 38.3 Å². The van der Waals surface area contributed by atoms with Crippen LogP contribution in [0.25, 0.3) is 0 Å². The molecule has 0 fully saturated rings. The highest BCUT2D eigenvalue weighted by atomic mass is 16.5. The third kappa shape index (κ3) is 6.60. The van der Waals surface area contributed by atoms with Crippen LogP contribution in [0.1, 0.15) is 40.5 Å². The number of carbonyl (C=O) groups is 1. The molecular formula is C17H27NO2. The van der Waals surface area contributed by atoms with E-state index in [2.05, 4.69) is 33.0 Å². The second kappa shape index (κ2) is 7.93. The van der Waals surface area contributed by atoms with E-state index in [4.69, 9.17) is 4.74 Å². The number of nitrogens with one attached hydrogen (secondary N) is 1. The van der Waals surface area contributed by atoms with Crippen molar-refractivity contribution in [1.29, 1.82) is 0 Å². The molecule has 112 valence electrons. The van der Waals surface area contributed by atoms with Gasteiger partial charge in [-0.2, -0.15) is 0 Å². The van der Waals surface area contributed by atoms with Crippen LogP contribution in [0.3, 0.4) is 0 Å². The number of benzene rings is 1. The first kappa shape index (κ1) is 16.5. The lowest BCUT2D eigenvalue weighted by atomic mass is 9.80. The molecule has 0 saturated heterocycles. The summed E-state index contributed by atoms with van der Waals surface area (Å²) >= 11 is 0. The number of rotatable bonds is 7. The van der Waals surface area contributed by atoms with Crippen molar-refractivity contribution >= 4 is 5.91 Å². The number of carbonyl (C=O) groups excluding carboxylic acids is 1. The van der Waals surface area contributed by atoms with Crippen LogP contribution in [0.2, 0.25) is 0 Å². The quantitative estimate of drug-likeness (QED) is 0.773. The Morgan fingerprint density at radius 1 is 1.25 bits per heavy atom. The second-order valence-corrected chi connectivity index (χ2v) is 6.34. The maximum Gasteiger partial charge on any atom is 0.220 e. The van der Waals surface area contributed by atoms with E-state index in [1.54, 1.807) is 0 Å². The Morgan fingerprint density at radius 2 is 1.90 bits per heavy atom. The average Bonchev–Trinajstić information content (AvgIpc) is 2.38. The van der Waals surface area contributed by atoms with Crippen molar-refractivity contribution in [2.75, 3.05) is 13.2 Å². The number of para-hydroxylation sites is 1. The number of hydrogen-bond acceptors (Lipinski definition) is 2. The van der Waals surface area contributed by atoms with E-state index in [1.165, 1.54) is 0 Å². The summed E-state index contributed by atoms with van der Waals surface area (Å²) < 4.78 is 5.57. The lowest BCUT2D eigenvalue weighted by Crippen LogP contribution is -2.30. The van der Waals surface area contributed by atoms with Crippen molar-refractivity contribution in [2.45, 2.75) is 40.5 Å². The Kier molecular flexibility index (Phi) is 6.56. The predicted octanol–water partition coefficient (Wildman–Crippen LogP) is 3.64. The van der Waals surface area contributed by atoms with Gasteiger partial charge in [0.25, 0.3) is 0 Å². The minimum Gasteiger partial charge on any atom is -0.494 e. The van der Waals surface area contributed by atoms with Crippen molar-refractivity contribution in [1.82, 2.24) is 5.32 Å². The zero-order valence-electron chi connectivity index (χ0n) is 13.1. The highest BCUT2D eigenvalue weighted by molar-refractivity contribution is 5.76. The Hall–Kier alpha value is -1.51. The summed E-state index contributed by atoms with van der Waals surface area (Å²) in [4.78, 5) is 11.8. The minimum absolute atomic E-state index is 0.132. The molecule has 1 unspecified atom stereocenters. The molecule has 0 aliphatic carbocycles. The Labute approximate surface area is 122 Å². The average molecular weight is 277 g/mol. The Bertz CT molecular complexity index is 395. The van der Waals surface area contributed by atoms with Gasteiger partial charge >= 0.3 is 0 Å². The van der Waals surface area contributed by atoms with Crippen LogP contribution in [0.15, 0.2) is 30.3 Å². The largest absolute Gasteiger partial charge is 0.494 e. The van der Waals surface area contributed by atoms with E-state index in [-0.39, 0.29) is 11.3 Å². The third-order valence-electron chi connectivity index (χ3n) is 3.63. The summed E-state index contributed by atoms with van der Waals surface area (Å²) in [5.41, 5.74) is 0.174. The smallest absolute Gasteiger partial charge is 0.220 e. The third-order valence-corrected chi connectivity index (χ3v) is 3.63. The van der Waals surface area contributed by atoms with Gasteiger partial charge < -0.3 is 10.1 Å². The van der Waals surface area contributed by atoms with Gasteiger partial charge in [-0.25, -0.2) is 0 Å². The maximum atomic E-state index is 11.8. The van der Waals surface area contributed by atoms with Crippen LogP contribution in [0.5, 0.6) is 5.75 Å². The molecule has 0 aliphatic rings. The number of hydrogen-bond donors (Lipinski definition) is 1. The van der Waals surface area contributed by atoms with Gasteiger partial charge in [0.15, 0.2) is 0 Å². The molecule has 1 amide bonds. The molecule has 1 atom stereocenters. The molecule has 20 heavy (non-hydrogen) atoms. The molecule has 1 N–H and O–H groups in total. The second-order valence-electron chi connectivity index (χ2n) is 6.34. The van der Waals surface area contributed by atoms with E-state index in [9.17, 15) is 4.79 Å². The monoisotopic (exact) mass is 277 g/mol. The summed E-state index contributed by atoms with van der Waals surface area (Å²) in [5, 5.41) is 2.95. The molecule has 0 spiro atoms. The number of amides is 1. The maximum absolute atomic E-state index is 11.8. The zero-order valence-corrected chi connectivity index (χ0v) is 13.1. The van der Waals surface area contributed by atoms with Crippen LogP contribution in [0.4, 0.5) is 0 Å². The van der Waals surface area contributed by atoms with Gasteiger partial charge in [0.2, 0.25) is 5.91 Å². The molecule has 0 radical (unpaired) electrons. The fourth-order valence-electron chi connectivity index (χ4n) is 1.66. The summed E-state index contributed by atoms with van der Waals surface area (Å²) in [5.74, 6) is 1.38. The Balaban J connectivity index is 2.11. The minimum atomic E-state index is 0.132. The lowest BCUT2D eigenvalue weighted by Gasteiger charge is -2.26. The molecular weight excluding hydrogens is 250 g/mol. The molecule has 1 aromatic rings. The standard InChI is InChI=1S/C17H27NO2/c1-14(17(2,3)4)13-16(19)18-11-8-12-20-15-9-6-5-7-10-15/h5-7,9-10,14H,8,11-13H2,1-4H3,(H,18,19). The van der Waals surface area contributed by atoms with Crippen molar-refractivity contribution in [3.05, 3.63) is 30.3 Å². The molecule has 0 aromatic heterocycles. The SMILES string of the molecule is CC(CC(=O)NCCCOc1ccccc1)C(C)(C)C. The Morgan fingerprint density at radius 3 is 2.50 bits per heavy atom. The van der Waals surface area contributed by atoms with E-state index in [0.717, 1.165) is 12.2 Å². The van der Waals surface area contributed by atoms with E-state index >= 15 is 0 Å². The van der Waals surface area contributed by atoms with Gasteiger partial charge in [0, 0.05) is 13.0 Å². The first-order chi connectivity index (χ1) is 9.39. The van der Waals surface area contributed by atoms with Crippen molar-refractivity contribution < 1.29 is 9.53 Å². The van der Waals surface area contributed by atoms with Gasteiger partial charge in [0.05, 0.1) is 6.61 Å². The number of ether oxygens (including phenoxy) is 1. The van der Waals surface area contributed by atoms with Crippen LogP contribution >= 0.6 is 0 Å². The van der Waals surface area contributed by atoms with Gasteiger partial charge in [0.1, 0.15) is 5.75 Å². The molecule has 0 heterocycles. The van der Waals surface area contributed by atoms with Crippen LogP contribution in [0, 0.1) is 11.3 Å². The van der Waals surface area contributed by atoms with E-state index in [1.807, 2.05) is 30.3 Å². The summed E-state index contributed by atoms with van der Waals surface area (Å²) in [6.07, 6.45) is 1.41. The van der Waals surface area contributed by atoms with Gasteiger partial charge in [-0.1, -0.05) is 45.9 Å². The molecule has 1 rings (SSSR count). The molecule has 3 heteroatoms. The normalized spacial score (nSPS) is 12.8. The van der Waals surface area contributed by atoms with Crippen molar-refractivity contribution in [2.24, 2.45) is 11.3 Å². The van der Waals surface area contributed by atoms with Gasteiger partial charge in [-0.15, -0.1) is 0 Å². The lowest BCUT2D eigenvalue weighted by molar-refractivity contribution is -0.122. The predicted molar refractivity (Wildman–Crippen MR) is 82.8 cm³/mol. The molecule has 0 saturated carbocycles. The highest BCUT2D eigenvalue weighted by Gasteiger charge is 2.22. The van der Waals surface area contributed by atoms with Gasteiger partial charge in [-0.05, 0) is 29.9 Å². The fraction of sp³-hybridized carbons (Fsp3) is 0.588. The van der Waals surface area contributed by atoms with Crippen LogP contribution in [-0.4, -0.2) is 19.1 Å². The van der Waals surface area contributed by atoms with Crippen molar-refractivity contribution in [3.63, 3.8) is 0 Å². The van der Waals surface area contributed by atoms with Gasteiger partial charge in [-0.3, -0.25) is 4.79 Å². The first-order valence-corrected chi connectivity index (χ1v) is 7.34. The van der Waals surface area contributed by atoms with Crippen LogP contribution < -0.4 is 10.1 Å². The first-order valence-electron chi connectivity index (χ1n) is 7.34. The summed E-state index contributed by atoms with van der Waals surface area (Å²) in [6.45, 7) is 9.91.